The highest BCUT2D eigenvalue weighted by Crippen LogP contribution is 2.48. The standard InChI is InChI=1S/C66H43N3.C60H39N3/c1-4-15-44(16-5-1)47-27-33-52(34-28-47)67-61-25-12-10-23-55(61)57-40-50(31-37-63(57)67)51-32-38-64-58(41-51)60-42-59-56-24-11-13-26-62(56)68(53-35-29-48(30-36-53)45-17-6-2-7-18-45)65(59)43-66(60)69(64)54-22-14-21-49(39-54)46-19-8-3-9-20-46;1-4-15-40(16-5-1)42-27-31-47(32-28-42)61-54-25-12-10-23-49(54)52-38-44(29-34-56(52)61)45-30-35-57-53(39-45)50-33-36-58-59(51-24-11-13-26-55(51)62(58)46-20-8-3-9-21-46)60(50)63(57)48-22-14-19-43(37-48)41-17-6-2-7-18-41/h1-43H;1-39H. The van der Waals surface area contributed by atoms with Crippen molar-refractivity contribution in [1.82, 2.24) is 27.4 Å². The van der Waals surface area contributed by atoms with Crippen LogP contribution in [-0.2, 0) is 0 Å². The molecule has 132 heavy (non-hydrogen) atoms. The zero-order valence-electron chi connectivity index (χ0n) is 72.0. The molecular formula is C126H82N6. The molecule has 21 aromatic carbocycles. The van der Waals surface area contributed by atoms with Crippen LogP contribution in [0.3, 0.4) is 0 Å². The van der Waals surface area contributed by atoms with Crippen LogP contribution in [0.5, 0.6) is 0 Å². The van der Waals surface area contributed by atoms with Crippen LogP contribution in [0, 0.1) is 0 Å². The van der Waals surface area contributed by atoms with Gasteiger partial charge in [-0.1, -0.05) is 334 Å². The Morgan fingerprint density at radius 3 is 0.727 bits per heavy atom. The summed E-state index contributed by atoms with van der Waals surface area (Å²) in [6.07, 6.45) is 0. The molecule has 0 aliphatic carbocycles. The summed E-state index contributed by atoms with van der Waals surface area (Å²) in [4.78, 5) is 0. The van der Waals surface area contributed by atoms with Crippen LogP contribution in [0.4, 0.5) is 0 Å². The Bertz CT molecular complexity index is 9190. The molecule has 0 saturated heterocycles. The molecule has 6 nitrogen and oxygen atoms in total. The normalized spacial score (nSPS) is 11.8. The molecule has 0 spiro atoms. The molecule has 0 saturated carbocycles. The Morgan fingerprint density at radius 1 is 0.0985 bits per heavy atom. The van der Waals surface area contributed by atoms with E-state index in [-0.39, 0.29) is 0 Å². The van der Waals surface area contributed by atoms with E-state index in [1.807, 2.05) is 0 Å². The minimum atomic E-state index is 1.13. The maximum atomic E-state index is 2.50. The van der Waals surface area contributed by atoms with Gasteiger partial charge in [-0.2, -0.15) is 0 Å². The monoisotopic (exact) mass is 1680 g/mol. The van der Waals surface area contributed by atoms with Gasteiger partial charge >= 0.3 is 0 Å². The van der Waals surface area contributed by atoms with Crippen molar-refractivity contribution in [2.45, 2.75) is 0 Å². The quantitative estimate of drug-likeness (QED) is 0.110. The maximum absolute atomic E-state index is 2.50. The van der Waals surface area contributed by atoms with Crippen molar-refractivity contribution in [3.8, 4) is 112 Å². The summed E-state index contributed by atoms with van der Waals surface area (Å²) in [5, 5.41) is 14.8. The van der Waals surface area contributed by atoms with Gasteiger partial charge in [-0.25, -0.2) is 0 Å². The second-order valence-electron chi connectivity index (χ2n) is 34.7. The third-order valence-electron chi connectivity index (χ3n) is 27.3. The van der Waals surface area contributed by atoms with Gasteiger partial charge < -0.3 is 27.4 Å². The zero-order valence-corrected chi connectivity index (χ0v) is 72.0. The Kier molecular flexibility index (Phi) is 17.9. The second-order valence-corrected chi connectivity index (χ2v) is 34.7. The van der Waals surface area contributed by atoms with Crippen molar-refractivity contribution in [2.24, 2.45) is 0 Å². The summed E-state index contributed by atoms with van der Waals surface area (Å²) in [7, 11) is 0. The summed E-state index contributed by atoms with van der Waals surface area (Å²) < 4.78 is 14.6. The lowest BCUT2D eigenvalue weighted by molar-refractivity contribution is 1.16. The summed E-state index contributed by atoms with van der Waals surface area (Å²) in [5.74, 6) is 0. The summed E-state index contributed by atoms with van der Waals surface area (Å²) in [6.45, 7) is 0. The van der Waals surface area contributed by atoms with Crippen molar-refractivity contribution in [3.63, 3.8) is 0 Å². The maximum Gasteiger partial charge on any atom is 0.0641 e. The molecular weight excluding hydrogens is 1600 g/mol. The molecule has 6 heteroatoms. The minimum Gasteiger partial charge on any atom is -0.309 e. The molecule has 0 radical (unpaired) electrons. The van der Waals surface area contributed by atoms with Gasteiger partial charge in [0.05, 0.1) is 66.2 Å². The smallest absolute Gasteiger partial charge is 0.0641 e. The molecule has 0 N–H and O–H groups in total. The molecule has 616 valence electrons. The Hall–Kier alpha value is -17.6. The van der Waals surface area contributed by atoms with Gasteiger partial charge in [0.15, 0.2) is 0 Å². The third kappa shape index (κ3) is 12.6. The number of fused-ring (bicyclic) bond motifs is 19. The Labute approximate surface area is 762 Å². The molecule has 6 heterocycles. The first kappa shape index (κ1) is 75.7. The second kappa shape index (κ2) is 31.2. The van der Waals surface area contributed by atoms with Gasteiger partial charge in [-0.15, -0.1) is 0 Å². The highest BCUT2D eigenvalue weighted by atomic mass is 15.0. The van der Waals surface area contributed by atoms with Crippen LogP contribution < -0.4 is 0 Å². The number of nitrogens with zero attached hydrogens (tertiary/aromatic N) is 6. The predicted molar refractivity (Wildman–Crippen MR) is 557 cm³/mol. The van der Waals surface area contributed by atoms with Gasteiger partial charge in [-0.05, 0) is 242 Å². The van der Waals surface area contributed by atoms with Crippen LogP contribution >= 0.6 is 0 Å². The van der Waals surface area contributed by atoms with Crippen LogP contribution in [0.15, 0.2) is 497 Å². The van der Waals surface area contributed by atoms with Crippen LogP contribution in [0.1, 0.15) is 0 Å². The van der Waals surface area contributed by atoms with Gasteiger partial charge in [0.1, 0.15) is 0 Å². The fourth-order valence-electron chi connectivity index (χ4n) is 21.2. The highest BCUT2D eigenvalue weighted by molar-refractivity contribution is 6.27. The van der Waals surface area contributed by atoms with Crippen molar-refractivity contribution in [2.75, 3.05) is 0 Å². The number of aromatic nitrogens is 6. The van der Waals surface area contributed by atoms with Crippen molar-refractivity contribution >= 4 is 131 Å². The van der Waals surface area contributed by atoms with E-state index in [0.717, 1.165) is 34.1 Å². The Balaban J connectivity index is 0.000000139. The lowest BCUT2D eigenvalue weighted by Gasteiger charge is -2.12. The largest absolute Gasteiger partial charge is 0.309 e. The first-order valence-electron chi connectivity index (χ1n) is 45.4. The first-order valence-corrected chi connectivity index (χ1v) is 45.4. The average Bonchev–Trinajstić information content (AvgIpc) is 1.55. The lowest BCUT2D eigenvalue weighted by atomic mass is 10.00. The molecule has 0 aliphatic rings. The molecule has 0 unspecified atom stereocenters. The minimum absolute atomic E-state index is 1.13. The topological polar surface area (TPSA) is 29.6 Å². The summed E-state index contributed by atoms with van der Waals surface area (Å²) in [6, 6.07) is 182. The molecule has 6 aromatic heterocycles. The first-order chi connectivity index (χ1) is 65.5. The fourth-order valence-corrected chi connectivity index (χ4v) is 21.2. The predicted octanol–water partition coefficient (Wildman–Crippen LogP) is 33.6. The van der Waals surface area contributed by atoms with Crippen LogP contribution in [-0.4, -0.2) is 27.4 Å². The molecule has 27 rings (SSSR count). The molecule has 0 aliphatic heterocycles. The van der Waals surface area contributed by atoms with E-state index in [2.05, 4.69) is 525 Å². The molecule has 0 fully saturated rings. The van der Waals surface area contributed by atoms with E-state index >= 15 is 0 Å². The number of hydrogen-bond acceptors (Lipinski definition) is 0. The summed E-state index contributed by atoms with van der Waals surface area (Å²) in [5.41, 5.74) is 38.0. The Morgan fingerprint density at radius 2 is 0.326 bits per heavy atom. The van der Waals surface area contributed by atoms with E-state index in [1.165, 1.54) is 209 Å². The van der Waals surface area contributed by atoms with Gasteiger partial charge in [-0.3, -0.25) is 0 Å². The number of rotatable bonds is 13. The zero-order chi connectivity index (χ0) is 86.9. The summed E-state index contributed by atoms with van der Waals surface area (Å²) >= 11 is 0. The van der Waals surface area contributed by atoms with Crippen molar-refractivity contribution < 1.29 is 0 Å². The van der Waals surface area contributed by atoms with Gasteiger partial charge in [0.2, 0.25) is 0 Å². The third-order valence-corrected chi connectivity index (χ3v) is 27.3. The average molecular weight is 1680 g/mol. The van der Waals surface area contributed by atoms with E-state index in [0.29, 0.717) is 0 Å². The number of para-hydroxylation sites is 5. The van der Waals surface area contributed by atoms with Crippen LogP contribution in [0.2, 0.25) is 0 Å². The molecule has 0 atom stereocenters. The van der Waals surface area contributed by atoms with E-state index < -0.39 is 0 Å². The van der Waals surface area contributed by atoms with Gasteiger partial charge in [0, 0.05) is 98.8 Å². The molecule has 27 aromatic rings. The lowest BCUT2D eigenvalue weighted by Crippen LogP contribution is -1.96. The van der Waals surface area contributed by atoms with Crippen LogP contribution in [0.25, 0.3) is 243 Å². The van der Waals surface area contributed by atoms with Gasteiger partial charge in [0.25, 0.3) is 0 Å². The van der Waals surface area contributed by atoms with E-state index in [4.69, 9.17) is 0 Å². The fraction of sp³-hybridized carbons (Fsp3) is 0. The molecule has 0 bridgehead atoms. The van der Waals surface area contributed by atoms with Crippen molar-refractivity contribution in [3.05, 3.63) is 497 Å². The number of hydrogen-bond donors (Lipinski definition) is 0. The van der Waals surface area contributed by atoms with E-state index in [1.54, 1.807) is 0 Å². The highest BCUT2D eigenvalue weighted by Gasteiger charge is 2.26. The SMILES string of the molecule is c1ccc(-c2ccc(-n3c4ccccc4c4cc(-c5ccc6c(c5)c5cc7c8ccccc8n(-c8ccc(-c9ccccc9)cc8)c7cc5n6-c5cccc(-c6ccccc6)c5)ccc43)cc2)cc1.c1ccc(-c2ccc(-n3c4ccccc4c4cc(-c5ccc6c(c5)c5ccc7c(c8ccccc8n7-c7ccccc7)c5n6-c5cccc(-c6ccccc6)c5)ccc43)cc2)cc1. The number of benzene rings is 21. The van der Waals surface area contributed by atoms with E-state index in [9.17, 15) is 0 Å². The molecule has 0 amide bonds. The van der Waals surface area contributed by atoms with Crippen molar-refractivity contribution in [1.29, 1.82) is 0 Å².